The minimum Gasteiger partial charge on any atom is -0.350 e. The highest BCUT2D eigenvalue weighted by atomic mass is 32.1. The van der Waals surface area contributed by atoms with Crippen molar-refractivity contribution in [2.45, 2.75) is 0 Å². The fourth-order valence-corrected chi connectivity index (χ4v) is 8.62. The molecule has 2 aromatic heterocycles. The number of aryl methyl sites for hydroxylation is 1. The van der Waals surface area contributed by atoms with Crippen LogP contribution < -0.4 is 15.6 Å². The third kappa shape index (κ3) is 1.52. The Morgan fingerprint density at radius 3 is 2.64 bits per heavy atom. The minimum atomic E-state index is -1.34. The van der Waals surface area contributed by atoms with Crippen LogP contribution in [0.2, 0.25) is 0 Å². The van der Waals surface area contributed by atoms with E-state index in [1.165, 1.54) is 26.5 Å². The molecule has 0 bridgehead atoms. The molecule has 1 nitrogen and oxygen atoms in total. The molecule has 0 saturated carbocycles. The van der Waals surface area contributed by atoms with E-state index in [0.717, 1.165) is 0 Å². The molecule has 1 aliphatic rings. The van der Waals surface area contributed by atoms with Crippen LogP contribution in [0.5, 0.6) is 0 Å². The fraction of sp³-hybridized carbons (Fsp3) is 0.0526. The summed E-state index contributed by atoms with van der Waals surface area (Å²) in [4.78, 5) is 1.49. The number of aromatic nitrogens is 1. The maximum atomic E-state index is 2.36. The van der Waals surface area contributed by atoms with E-state index in [4.69, 9.17) is 0 Å². The van der Waals surface area contributed by atoms with Gasteiger partial charge in [-0.15, -0.1) is 11.3 Å². The first-order chi connectivity index (χ1) is 10.8. The van der Waals surface area contributed by atoms with E-state index in [-0.39, 0.29) is 0 Å². The van der Waals surface area contributed by atoms with Crippen molar-refractivity contribution in [2.24, 2.45) is 7.05 Å². The highest BCUT2D eigenvalue weighted by Gasteiger charge is 2.31. The second-order valence-electron chi connectivity index (χ2n) is 5.94. The Morgan fingerprint density at radius 2 is 1.77 bits per heavy atom. The van der Waals surface area contributed by atoms with Gasteiger partial charge in [0.25, 0.3) is 0 Å². The quantitative estimate of drug-likeness (QED) is 0.419. The number of nitrogens with zero attached hydrogens (tertiary/aromatic N) is 1. The monoisotopic (exact) mass is 317 g/mol. The molecule has 3 heteroatoms. The highest BCUT2D eigenvalue weighted by molar-refractivity contribution is 7.17. The van der Waals surface area contributed by atoms with Gasteiger partial charge in [0.2, 0.25) is 0 Å². The SMILES string of the molecule is Cn1cc2c3c(cccc31)[Si@@H](c1ccccc1)c1ccsc1-2. The number of thiophene rings is 1. The van der Waals surface area contributed by atoms with Gasteiger partial charge >= 0.3 is 0 Å². The van der Waals surface area contributed by atoms with Crippen LogP contribution in [0.3, 0.4) is 0 Å². The third-order valence-electron chi connectivity index (χ3n) is 4.74. The molecule has 3 heterocycles. The third-order valence-corrected chi connectivity index (χ3v) is 9.17. The van der Waals surface area contributed by atoms with Crippen molar-refractivity contribution in [3.8, 4) is 10.4 Å². The molecule has 106 valence electrons. The van der Waals surface area contributed by atoms with Gasteiger partial charge in [-0.2, -0.15) is 0 Å². The average Bonchev–Trinajstić information content (AvgIpc) is 3.15. The van der Waals surface area contributed by atoms with E-state index in [0.29, 0.717) is 0 Å². The van der Waals surface area contributed by atoms with Gasteiger partial charge in [-0.25, -0.2) is 0 Å². The van der Waals surface area contributed by atoms with Crippen LogP contribution in [0.15, 0.2) is 66.2 Å². The Balaban J connectivity index is 1.94. The zero-order valence-electron chi connectivity index (χ0n) is 12.3. The summed E-state index contributed by atoms with van der Waals surface area (Å²) in [5.74, 6) is 0. The van der Waals surface area contributed by atoms with Crippen molar-refractivity contribution in [1.29, 1.82) is 0 Å². The molecule has 0 radical (unpaired) electrons. The summed E-state index contributed by atoms with van der Waals surface area (Å²) in [6, 6.07) is 20.3. The summed E-state index contributed by atoms with van der Waals surface area (Å²) in [7, 11) is 0.818. The molecular weight excluding hydrogens is 302 g/mol. The van der Waals surface area contributed by atoms with Crippen LogP contribution in [0.4, 0.5) is 0 Å². The van der Waals surface area contributed by atoms with Crippen molar-refractivity contribution in [3.05, 3.63) is 66.2 Å². The molecule has 0 fully saturated rings. The first kappa shape index (κ1) is 12.4. The zero-order valence-corrected chi connectivity index (χ0v) is 14.3. The second kappa shape index (κ2) is 4.45. The largest absolute Gasteiger partial charge is 0.350 e. The molecule has 0 unspecified atom stereocenters. The second-order valence-corrected chi connectivity index (χ2v) is 9.64. The summed E-state index contributed by atoms with van der Waals surface area (Å²) in [5, 5.41) is 8.43. The van der Waals surface area contributed by atoms with Gasteiger partial charge in [0.1, 0.15) is 8.80 Å². The molecule has 5 rings (SSSR count). The standard InChI is InChI=1S/C19H15NSSi/c1-20-12-14-18-15(20)8-5-9-16(18)22(13-6-3-2-4-7-13)17-10-11-21-19(14)17/h2-12,22H,1H3/t22-/m1/s1. The Bertz CT molecular complexity index is 997. The van der Waals surface area contributed by atoms with Crippen molar-refractivity contribution >= 4 is 46.6 Å². The fourth-order valence-electron chi connectivity index (χ4n) is 3.82. The molecule has 0 amide bonds. The summed E-state index contributed by atoms with van der Waals surface area (Å²) in [6.07, 6.45) is 2.30. The molecule has 0 N–H and O–H groups in total. The van der Waals surface area contributed by atoms with Gasteiger partial charge in [0.15, 0.2) is 0 Å². The highest BCUT2D eigenvalue weighted by Crippen LogP contribution is 2.34. The Labute approximate surface area is 135 Å². The van der Waals surface area contributed by atoms with Gasteiger partial charge in [0, 0.05) is 34.6 Å². The summed E-state index contributed by atoms with van der Waals surface area (Å²) < 4.78 is 2.28. The number of hydrogen-bond donors (Lipinski definition) is 0. The summed E-state index contributed by atoms with van der Waals surface area (Å²) in [5.41, 5.74) is 2.79. The molecule has 4 aromatic rings. The maximum Gasteiger partial charge on any atom is 0.135 e. The first-order valence-electron chi connectivity index (χ1n) is 7.55. The van der Waals surface area contributed by atoms with Gasteiger partial charge < -0.3 is 4.57 Å². The first-order valence-corrected chi connectivity index (χ1v) is 10.2. The number of benzene rings is 2. The lowest BCUT2D eigenvalue weighted by atomic mass is 10.1. The Morgan fingerprint density at radius 1 is 0.909 bits per heavy atom. The van der Waals surface area contributed by atoms with Gasteiger partial charge in [0.05, 0.1) is 0 Å². The lowest BCUT2D eigenvalue weighted by Gasteiger charge is -2.23. The molecule has 1 atom stereocenters. The van der Waals surface area contributed by atoms with Crippen LogP contribution in [-0.4, -0.2) is 13.4 Å². The average molecular weight is 317 g/mol. The summed E-state index contributed by atoms with van der Waals surface area (Å²) >= 11 is 1.90. The van der Waals surface area contributed by atoms with Crippen LogP contribution >= 0.6 is 11.3 Å². The van der Waals surface area contributed by atoms with Gasteiger partial charge in [-0.3, -0.25) is 0 Å². The van der Waals surface area contributed by atoms with Crippen LogP contribution in [0, 0.1) is 0 Å². The van der Waals surface area contributed by atoms with E-state index < -0.39 is 8.80 Å². The summed E-state index contributed by atoms with van der Waals surface area (Å²) in [6.45, 7) is 0. The molecule has 1 aliphatic heterocycles. The van der Waals surface area contributed by atoms with E-state index in [1.807, 2.05) is 11.3 Å². The van der Waals surface area contributed by atoms with E-state index >= 15 is 0 Å². The Hall–Kier alpha value is -2.10. The lowest BCUT2D eigenvalue weighted by Crippen LogP contribution is -2.53. The molecule has 0 aliphatic carbocycles. The molecule has 22 heavy (non-hydrogen) atoms. The maximum absolute atomic E-state index is 2.36. The number of hydrogen-bond acceptors (Lipinski definition) is 1. The van der Waals surface area contributed by atoms with Crippen molar-refractivity contribution in [1.82, 2.24) is 4.57 Å². The van der Waals surface area contributed by atoms with Crippen LogP contribution in [-0.2, 0) is 7.05 Å². The van der Waals surface area contributed by atoms with Crippen molar-refractivity contribution in [3.63, 3.8) is 0 Å². The van der Waals surface area contributed by atoms with Crippen LogP contribution in [0.1, 0.15) is 0 Å². The van der Waals surface area contributed by atoms with Gasteiger partial charge in [-0.05, 0) is 21.8 Å². The normalized spacial score (nSPS) is 16.0. The minimum absolute atomic E-state index is 1.34. The smallest absolute Gasteiger partial charge is 0.135 e. The number of fused-ring (bicyclic) bond motifs is 2. The number of rotatable bonds is 1. The van der Waals surface area contributed by atoms with E-state index in [2.05, 4.69) is 77.8 Å². The van der Waals surface area contributed by atoms with E-state index in [1.54, 1.807) is 10.4 Å². The topological polar surface area (TPSA) is 4.93 Å². The molecular formula is C19H15NSSi. The van der Waals surface area contributed by atoms with Crippen molar-refractivity contribution in [2.75, 3.05) is 0 Å². The van der Waals surface area contributed by atoms with E-state index in [9.17, 15) is 0 Å². The molecule has 0 saturated heterocycles. The predicted octanol–water partition coefficient (Wildman–Crippen LogP) is 2.47. The molecule has 2 aromatic carbocycles. The Kier molecular flexibility index (Phi) is 2.51. The predicted molar refractivity (Wildman–Crippen MR) is 98.7 cm³/mol. The van der Waals surface area contributed by atoms with Crippen LogP contribution in [0.25, 0.3) is 21.3 Å². The van der Waals surface area contributed by atoms with Crippen molar-refractivity contribution < 1.29 is 0 Å². The molecule has 0 spiro atoms. The lowest BCUT2D eigenvalue weighted by molar-refractivity contribution is 0.971. The van der Waals surface area contributed by atoms with Gasteiger partial charge in [-0.1, -0.05) is 53.7 Å². The zero-order chi connectivity index (χ0) is 14.7.